The van der Waals surface area contributed by atoms with Gasteiger partial charge in [-0.2, -0.15) is 0 Å². The van der Waals surface area contributed by atoms with Crippen LogP contribution in [0.1, 0.15) is 0 Å². The summed E-state index contributed by atoms with van der Waals surface area (Å²) in [5.41, 5.74) is 9.83. The van der Waals surface area contributed by atoms with Gasteiger partial charge in [0.25, 0.3) is 0 Å². The fraction of sp³-hybridized carbons (Fsp3) is 0. The minimum absolute atomic E-state index is 0.594. The molecule has 234 valence electrons. The molecule has 0 aliphatic heterocycles. The fourth-order valence-electron chi connectivity index (χ4n) is 7.22. The van der Waals surface area contributed by atoms with E-state index >= 15 is 0 Å². The van der Waals surface area contributed by atoms with Crippen molar-refractivity contribution in [3.8, 4) is 51.0 Å². The average molecular weight is 641 g/mol. The van der Waals surface area contributed by atoms with Gasteiger partial charge in [0.05, 0.1) is 16.7 Å². The first kappa shape index (κ1) is 28.2. The topological polar surface area (TPSA) is 56.7 Å². The summed E-state index contributed by atoms with van der Waals surface area (Å²) in [4.78, 5) is 15.1. The molecule has 0 amide bonds. The lowest BCUT2D eigenvalue weighted by atomic mass is 9.96. The van der Waals surface area contributed by atoms with Crippen LogP contribution in [0.25, 0.3) is 94.7 Å². The smallest absolute Gasteiger partial charge is 0.164 e. The van der Waals surface area contributed by atoms with E-state index in [0.29, 0.717) is 17.5 Å². The van der Waals surface area contributed by atoms with Gasteiger partial charge in [-0.15, -0.1) is 0 Å². The number of hydrogen-bond acceptors (Lipinski definition) is 4. The molecule has 0 saturated carbocycles. The minimum Gasteiger partial charge on any atom is -0.456 e. The van der Waals surface area contributed by atoms with Crippen LogP contribution in [0.5, 0.6) is 0 Å². The molecule has 0 aliphatic rings. The maximum atomic E-state index is 6.78. The third kappa shape index (κ3) is 4.52. The Morgan fingerprint density at radius 2 is 0.880 bits per heavy atom. The van der Waals surface area contributed by atoms with Gasteiger partial charge < -0.3 is 8.98 Å². The molecule has 3 heterocycles. The Labute approximate surface area is 287 Å². The Kier molecular flexibility index (Phi) is 6.42. The van der Waals surface area contributed by atoms with Gasteiger partial charge in [-0.3, -0.25) is 0 Å². The average Bonchev–Trinajstić information content (AvgIpc) is 3.74. The van der Waals surface area contributed by atoms with Gasteiger partial charge in [-0.25, -0.2) is 15.0 Å². The van der Waals surface area contributed by atoms with Crippen molar-refractivity contribution < 1.29 is 4.42 Å². The van der Waals surface area contributed by atoms with Crippen molar-refractivity contribution in [3.63, 3.8) is 0 Å². The molecular formula is C45H28N4O. The molecule has 5 heteroatoms. The number of fused-ring (bicyclic) bond motifs is 6. The molecule has 10 aromatic rings. The molecule has 50 heavy (non-hydrogen) atoms. The lowest BCUT2D eigenvalue weighted by molar-refractivity contribution is 0.669. The molecule has 0 aliphatic carbocycles. The normalized spacial score (nSPS) is 11.6. The molecule has 0 fully saturated rings. The van der Waals surface area contributed by atoms with Crippen molar-refractivity contribution in [2.75, 3.05) is 0 Å². The van der Waals surface area contributed by atoms with Gasteiger partial charge in [-0.1, -0.05) is 140 Å². The Balaban J connectivity index is 1.28. The van der Waals surface area contributed by atoms with E-state index in [2.05, 4.69) is 102 Å². The van der Waals surface area contributed by atoms with E-state index in [4.69, 9.17) is 19.4 Å². The van der Waals surface area contributed by atoms with Crippen LogP contribution in [0.15, 0.2) is 174 Å². The van der Waals surface area contributed by atoms with Gasteiger partial charge in [-0.05, 0) is 35.4 Å². The summed E-state index contributed by atoms with van der Waals surface area (Å²) in [5, 5.41) is 4.43. The standard InChI is InChI=1S/C45H28N4O/c1-4-15-29(16-5-1)36-27-32(49-37-24-12-10-21-33(37)34-22-11-13-25-38(34)49)28-40-42(36)41-35(23-14-26-39(41)50-40)45-47-43(30-17-6-2-7-18-30)46-44(48-45)31-19-8-3-9-20-31/h1-28H. The van der Waals surface area contributed by atoms with E-state index in [1.54, 1.807) is 0 Å². The van der Waals surface area contributed by atoms with Gasteiger partial charge in [0, 0.05) is 44.3 Å². The number of hydrogen-bond donors (Lipinski definition) is 0. The lowest BCUT2D eigenvalue weighted by Gasteiger charge is -2.13. The highest BCUT2D eigenvalue weighted by Crippen LogP contribution is 2.43. The van der Waals surface area contributed by atoms with Crippen molar-refractivity contribution >= 4 is 43.7 Å². The molecule has 0 radical (unpaired) electrons. The van der Waals surface area contributed by atoms with Crippen molar-refractivity contribution in [3.05, 3.63) is 170 Å². The summed E-state index contributed by atoms with van der Waals surface area (Å²) in [7, 11) is 0. The summed E-state index contributed by atoms with van der Waals surface area (Å²) in [6.07, 6.45) is 0. The summed E-state index contributed by atoms with van der Waals surface area (Å²) >= 11 is 0. The molecule has 0 saturated heterocycles. The predicted molar refractivity (Wildman–Crippen MR) is 203 cm³/mol. The van der Waals surface area contributed by atoms with E-state index in [9.17, 15) is 0 Å². The Bertz CT molecular complexity index is 2750. The summed E-state index contributed by atoms with van der Waals surface area (Å²) in [6, 6.07) is 58.5. The highest BCUT2D eigenvalue weighted by Gasteiger charge is 2.22. The first-order valence-electron chi connectivity index (χ1n) is 16.7. The molecule has 0 spiro atoms. The third-order valence-electron chi connectivity index (χ3n) is 9.45. The van der Waals surface area contributed by atoms with E-state index in [1.165, 1.54) is 10.8 Å². The third-order valence-corrected chi connectivity index (χ3v) is 9.45. The molecule has 3 aromatic heterocycles. The molecule has 0 unspecified atom stereocenters. The monoisotopic (exact) mass is 640 g/mol. The van der Waals surface area contributed by atoms with Crippen LogP contribution in [0.3, 0.4) is 0 Å². The quantitative estimate of drug-likeness (QED) is 0.188. The van der Waals surface area contributed by atoms with Gasteiger partial charge in [0.2, 0.25) is 0 Å². The number of furan rings is 1. The maximum Gasteiger partial charge on any atom is 0.164 e. The van der Waals surface area contributed by atoms with Crippen molar-refractivity contribution in [2.24, 2.45) is 0 Å². The molecular weight excluding hydrogens is 613 g/mol. The Morgan fingerprint density at radius 1 is 0.380 bits per heavy atom. The van der Waals surface area contributed by atoms with Gasteiger partial charge in [0.15, 0.2) is 17.5 Å². The minimum atomic E-state index is 0.594. The van der Waals surface area contributed by atoms with Crippen LogP contribution >= 0.6 is 0 Å². The zero-order valence-corrected chi connectivity index (χ0v) is 26.9. The van der Waals surface area contributed by atoms with Crippen LogP contribution in [0.4, 0.5) is 0 Å². The van der Waals surface area contributed by atoms with Crippen molar-refractivity contribution in [1.29, 1.82) is 0 Å². The second-order valence-electron chi connectivity index (χ2n) is 12.4. The van der Waals surface area contributed by atoms with Crippen LogP contribution in [0.2, 0.25) is 0 Å². The number of aromatic nitrogens is 4. The number of para-hydroxylation sites is 2. The largest absolute Gasteiger partial charge is 0.456 e. The maximum absolute atomic E-state index is 6.78. The van der Waals surface area contributed by atoms with Crippen LogP contribution in [-0.2, 0) is 0 Å². The van der Waals surface area contributed by atoms with Gasteiger partial charge >= 0.3 is 0 Å². The SMILES string of the molecule is c1ccc(-c2nc(-c3ccccc3)nc(-c3cccc4oc5cc(-n6c7ccccc7c7ccccc76)cc(-c6ccccc6)c5c34)n2)cc1. The number of nitrogens with zero attached hydrogens (tertiary/aromatic N) is 4. The second kappa shape index (κ2) is 11.4. The molecule has 10 rings (SSSR count). The highest BCUT2D eigenvalue weighted by atomic mass is 16.3. The number of rotatable bonds is 5. The summed E-state index contributed by atoms with van der Waals surface area (Å²) < 4.78 is 9.13. The molecule has 5 nitrogen and oxygen atoms in total. The zero-order valence-electron chi connectivity index (χ0n) is 26.9. The zero-order chi connectivity index (χ0) is 33.0. The van der Waals surface area contributed by atoms with Crippen molar-refractivity contribution in [2.45, 2.75) is 0 Å². The fourth-order valence-corrected chi connectivity index (χ4v) is 7.22. The second-order valence-corrected chi connectivity index (χ2v) is 12.4. The van der Waals surface area contributed by atoms with Crippen molar-refractivity contribution in [1.82, 2.24) is 19.5 Å². The lowest BCUT2D eigenvalue weighted by Crippen LogP contribution is -2.00. The molecule has 0 bridgehead atoms. The molecule has 0 atom stereocenters. The molecule has 7 aromatic carbocycles. The van der Waals surface area contributed by atoms with E-state index in [1.807, 2.05) is 72.8 Å². The highest BCUT2D eigenvalue weighted by molar-refractivity contribution is 6.18. The van der Waals surface area contributed by atoms with E-state index < -0.39 is 0 Å². The van der Waals surface area contributed by atoms with Crippen LogP contribution < -0.4 is 0 Å². The summed E-state index contributed by atoms with van der Waals surface area (Å²) in [6.45, 7) is 0. The molecule has 0 N–H and O–H groups in total. The van der Waals surface area contributed by atoms with E-state index in [-0.39, 0.29) is 0 Å². The van der Waals surface area contributed by atoms with Crippen LogP contribution in [-0.4, -0.2) is 19.5 Å². The Hall–Kier alpha value is -6.85. The van der Waals surface area contributed by atoms with E-state index in [0.717, 1.165) is 66.5 Å². The first-order chi connectivity index (χ1) is 24.8. The summed E-state index contributed by atoms with van der Waals surface area (Å²) in [5.74, 6) is 1.84. The van der Waals surface area contributed by atoms with Crippen LogP contribution in [0, 0.1) is 0 Å². The number of benzene rings is 7. The first-order valence-corrected chi connectivity index (χ1v) is 16.7. The Morgan fingerprint density at radius 3 is 1.48 bits per heavy atom. The predicted octanol–water partition coefficient (Wildman–Crippen LogP) is 11.5. The van der Waals surface area contributed by atoms with Gasteiger partial charge in [0.1, 0.15) is 11.2 Å².